The number of hydrogen-bond acceptors (Lipinski definition) is 3. The van der Waals surface area contributed by atoms with Crippen LogP contribution in [0.1, 0.15) is 31.9 Å². The van der Waals surface area contributed by atoms with Crippen molar-refractivity contribution in [2.24, 2.45) is 0 Å². The van der Waals surface area contributed by atoms with Crippen LogP contribution in [0.5, 0.6) is 11.5 Å². The molecular weight excluding hydrogens is 259 g/mol. The fourth-order valence-electron chi connectivity index (χ4n) is 1.75. The highest BCUT2D eigenvalue weighted by Gasteiger charge is 2.22. The molecule has 1 aliphatic heterocycles. The molecule has 0 aromatic heterocycles. The van der Waals surface area contributed by atoms with E-state index in [1.54, 1.807) is 18.2 Å². The van der Waals surface area contributed by atoms with E-state index in [4.69, 9.17) is 14.2 Å². The van der Waals surface area contributed by atoms with Crippen molar-refractivity contribution in [3.63, 3.8) is 0 Å². The molecule has 0 amide bonds. The number of benzene rings is 1. The van der Waals surface area contributed by atoms with Crippen molar-refractivity contribution in [1.82, 2.24) is 0 Å². The Morgan fingerprint density at radius 1 is 1.45 bits per heavy atom. The van der Waals surface area contributed by atoms with E-state index < -0.39 is 5.82 Å². The predicted octanol–water partition coefficient (Wildman–Crippen LogP) is 4.45. The summed E-state index contributed by atoms with van der Waals surface area (Å²) in [6, 6.07) is 1.76. The van der Waals surface area contributed by atoms with Gasteiger partial charge < -0.3 is 14.2 Å². The topological polar surface area (TPSA) is 27.7 Å². The molecule has 0 radical (unpaired) electrons. The van der Waals surface area contributed by atoms with Crippen molar-refractivity contribution >= 4 is 6.08 Å². The number of halogens is 1. The van der Waals surface area contributed by atoms with Gasteiger partial charge in [0.25, 0.3) is 0 Å². The smallest absolute Gasteiger partial charge is 0.231 e. The van der Waals surface area contributed by atoms with Gasteiger partial charge in [0.15, 0.2) is 11.6 Å². The zero-order valence-electron chi connectivity index (χ0n) is 12.5. The average molecular weight is 280 g/mol. The van der Waals surface area contributed by atoms with Gasteiger partial charge in [0.1, 0.15) is 5.76 Å². The van der Waals surface area contributed by atoms with Crippen LogP contribution in [-0.4, -0.2) is 13.4 Å². The molecule has 1 aromatic carbocycles. The van der Waals surface area contributed by atoms with Crippen LogP contribution < -0.4 is 9.47 Å². The second-order valence-corrected chi connectivity index (χ2v) is 3.89. The fourth-order valence-corrected chi connectivity index (χ4v) is 1.75. The molecule has 110 valence electrons. The number of ether oxygens (including phenoxy) is 3. The average Bonchev–Trinajstić information content (AvgIpc) is 2.89. The van der Waals surface area contributed by atoms with Crippen LogP contribution in [0, 0.1) is 12.7 Å². The quantitative estimate of drug-likeness (QED) is 0.602. The van der Waals surface area contributed by atoms with Crippen molar-refractivity contribution in [3.8, 4) is 11.5 Å². The maximum absolute atomic E-state index is 14.1. The fraction of sp³-hybridized carbons (Fsp3) is 0.375. The Bertz CT molecular complexity index is 507. The number of allylic oxidation sites excluding steroid dienone is 1. The molecule has 3 nitrogen and oxygen atoms in total. The van der Waals surface area contributed by atoms with E-state index in [2.05, 4.69) is 6.58 Å². The monoisotopic (exact) mass is 280 g/mol. The first-order valence-corrected chi connectivity index (χ1v) is 6.72. The Balaban J connectivity index is 0.000000956. The van der Waals surface area contributed by atoms with E-state index >= 15 is 0 Å². The minimum absolute atomic E-state index is 0.0600. The van der Waals surface area contributed by atoms with Gasteiger partial charge in [-0.15, -0.1) is 0 Å². The summed E-state index contributed by atoms with van der Waals surface area (Å²) in [5, 5.41) is 0. The summed E-state index contributed by atoms with van der Waals surface area (Å²) in [6.45, 7) is 12.0. The predicted molar refractivity (Wildman–Crippen MR) is 78.4 cm³/mol. The zero-order chi connectivity index (χ0) is 15.1. The molecule has 1 aromatic rings. The summed E-state index contributed by atoms with van der Waals surface area (Å²) in [6.07, 6.45) is 3.27. The summed E-state index contributed by atoms with van der Waals surface area (Å²) >= 11 is 0. The van der Waals surface area contributed by atoms with Crippen molar-refractivity contribution in [1.29, 1.82) is 0 Å². The van der Waals surface area contributed by atoms with Gasteiger partial charge in [0, 0.05) is 5.56 Å². The van der Waals surface area contributed by atoms with Gasteiger partial charge in [-0.05, 0) is 37.6 Å². The van der Waals surface area contributed by atoms with Crippen molar-refractivity contribution < 1.29 is 18.6 Å². The van der Waals surface area contributed by atoms with E-state index in [0.717, 1.165) is 5.56 Å². The Morgan fingerprint density at radius 3 is 2.80 bits per heavy atom. The molecule has 0 spiro atoms. The largest absolute Gasteiger partial charge is 0.495 e. The minimum Gasteiger partial charge on any atom is -0.495 e. The summed E-state index contributed by atoms with van der Waals surface area (Å²) < 4.78 is 29.6. The second-order valence-electron chi connectivity index (χ2n) is 3.89. The van der Waals surface area contributed by atoms with Crippen LogP contribution in [-0.2, 0) is 4.74 Å². The Morgan fingerprint density at radius 2 is 2.15 bits per heavy atom. The third-order valence-electron chi connectivity index (χ3n) is 2.62. The van der Waals surface area contributed by atoms with Crippen molar-refractivity contribution in [3.05, 3.63) is 41.4 Å². The SMILES string of the molecule is C=C(/C=C/c1c(C)cc2c(c1F)OCO2)OCC.CC. The number of rotatable bonds is 4. The molecule has 0 fully saturated rings. The molecule has 0 saturated carbocycles. The normalized spacial score (nSPS) is 12.1. The lowest BCUT2D eigenvalue weighted by atomic mass is 10.1. The lowest BCUT2D eigenvalue weighted by Crippen LogP contribution is -1.94. The molecule has 20 heavy (non-hydrogen) atoms. The molecule has 1 heterocycles. The van der Waals surface area contributed by atoms with Crippen LogP contribution >= 0.6 is 0 Å². The zero-order valence-corrected chi connectivity index (χ0v) is 12.5. The van der Waals surface area contributed by atoms with Gasteiger partial charge in [-0.3, -0.25) is 0 Å². The molecule has 4 heteroatoms. The van der Waals surface area contributed by atoms with Crippen LogP contribution in [0.25, 0.3) is 6.08 Å². The number of aryl methyl sites for hydroxylation is 1. The third-order valence-corrected chi connectivity index (χ3v) is 2.62. The van der Waals surface area contributed by atoms with Gasteiger partial charge in [-0.25, -0.2) is 4.39 Å². The summed E-state index contributed by atoms with van der Waals surface area (Å²) in [5.74, 6) is 0.699. The molecule has 0 saturated heterocycles. The van der Waals surface area contributed by atoms with Gasteiger partial charge in [0.2, 0.25) is 12.5 Å². The van der Waals surface area contributed by atoms with Crippen LogP contribution in [0.4, 0.5) is 4.39 Å². The van der Waals surface area contributed by atoms with E-state index in [1.807, 2.05) is 27.7 Å². The third kappa shape index (κ3) is 3.53. The molecule has 0 atom stereocenters. The lowest BCUT2D eigenvalue weighted by Gasteiger charge is -2.06. The van der Waals surface area contributed by atoms with Gasteiger partial charge in [-0.2, -0.15) is 0 Å². The summed E-state index contributed by atoms with van der Waals surface area (Å²) in [5.41, 5.74) is 1.23. The number of hydrogen-bond donors (Lipinski definition) is 0. The number of fused-ring (bicyclic) bond motifs is 1. The standard InChI is InChI=1S/C14H15FO3.C2H6/c1-4-16-10(3)5-6-11-9(2)7-12-14(13(11)15)18-8-17-12;1-2/h5-7H,3-4,8H2,1-2H3;1-2H3/b6-5+;. The maximum atomic E-state index is 14.1. The highest BCUT2D eigenvalue weighted by molar-refractivity contribution is 5.62. The van der Waals surface area contributed by atoms with Crippen molar-refractivity contribution in [2.75, 3.05) is 13.4 Å². The Labute approximate surface area is 119 Å². The highest BCUT2D eigenvalue weighted by atomic mass is 19.1. The maximum Gasteiger partial charge on any atom is 0.231 e. The Hall–Kier alpha value is -1.97. The lowest BCUT2D eigenvalue weighted by molar-refractivity contribution is 0.171. The first kappa shape index (κ1) is 16.1. The molecule has 0 bridgehead atoms. The van der Waals surface area contributed by atoms with Crippen LogP contribution in [0.2, 0.25) is 0 Å². The van der Waals surface area contributed by atoms with E-state index in [1.165, 1.54) is 0 Å². The summed E-state index contributed by atoms with van der Waals surface area (Å²) in [4.78, 5) is 0. The first-order chi connectivity index (χ1) is 9.63. The molecule has 0 aliphatic carbocycles. The van der Waals surface area contributed by atoms with Gasteiger partial charge in [-0.1, -0.05) is 20.4 Å². The van der Waals surface area contributed by atoms with E-state index in [0.29, 0.717) is 23.7 Å². The van der Waals surface area contributed by atoms with Gasteiger partial charge in [0.05, 0.1) is 6.61 Å². The van der Waals surface area contributed by atoms with Crippen LogP contribution in [0.15, 0.2) is 24.5 Å². The Kier molecular flexibility index (Phi) is 6.10. The van der Waals surface area contributed by atoms with E-state index in [9.17, 15) is 4.39 Å². The highest BCUT2D eigenvalue weighted by Crippen LogP contribution is 2.38. The first-order valence-electron chi connectivity index (χ1n) is 6.72. The molecule has 1 aliphatic rings. The van der Waals surface area contributed by atoms with Crippen LogP contribution in [0.3, 0.4) is 0 Å². The second kappa shape index (κ2) is 7.58. The molecule has 0 unspecified atom stereocenters. The summed E-state index contributed by atoms with van der Waals surface area (Å²) in [7, 11) is 0. The van der Waals surface area contributed by atoms with Gasteiger partial charge >= 0.3 is 0 Å². The van der Waals surface area contributed by atoms with E-state index in [-0.39, 0.29) is 12.5 Å². The molecule has 2 rings (SSSR count). The molecule has 0 N–H and O–H groups in total. The molecular formula is C16H21FO3. The van der Waals surface area contributed by atoms with Crippen molar-refractivity contribution in [2.45, 2.75) is 27.7 Å². The minimum atomic E-state index is -0.414.